The Bertz CT molecular complexity index is 1810. The maximum atomic E-state index is 12.8. The molecule has 0 atom stereocenters. The first-order valence-corrected chi connectivity index (χ1v) is 12.5. The molecule has 0 aliphatic carbocycles. The summed E-state index contributed by atoms with van der Waals surface area (Å²) in [6.07, 6.45) is 0. The van der Waals surface area contributed by atoms with Gasteiger partial charge < -0.3 is 26.3 Å². The molecule has 190 valence electrons. The number of ether oxygens (including phenoxy) is 2. The number of fused-ring (bicyclic) bond motifs is 2. The molecule has 0 aliphatic heterocycles. The molecule has 0 unspecified atom stereocenters. The first-order valence-electron chi connectivity index (χ1n) is 12.5. The van der Waals surface area contributed by atoms with Crippen molar-refractivity contribution in [3.05, 3.63) is 127 Å². The fraction of sp³-hybridized carbons (Fsp3) is 0. The lowest BCUT2D eigenvalue weighted by Gasteiger charge is -2.12. The Balaban J connectivity index is 1.10. The zero-order valence-electron chi connectivity index (χ0n) is 20.9. The minimum Gasteiger partial charge on any atom is -0.455 e. The van der Waals surface area contributed by atoms with Gasteiger partial charge in [0.15, 0.2) is 11.5 Å². The topological polar surface area (TPSA) is 99.6 Å². The van der Waals surface area contributed by atoms with Crippen LogP contribution in [-0.2, 0) is 0 Å². The van der Waals surface area contributed by atoms with Gasteiger partial charge in [-0.05, 0) is 94.3 Å². The van der Waals surface area contributed by atoms with Crippen LogP contribution in [0.5, 0.6) is 23.0 Å². The van der Waals surface area contributed by atoms with Crippen LogP contribution in [0.25, 0.3) is 21.5 Å². The van der Waals surface area contributed by atoms with Gasteiger partial charge in [-0.2, -0.15) is 0 Å². The van der Waals surface area contributed by atoms with Gasteiger partial charge in [-0.1, -0.05) is 48.5 Å². The first kappa shape index (κ1) is 23.9. The van der Waals surface area contributed by atoms with Crippen LogP contribution >= 0.6 is 0 Å². The zero-order valence-corrected chi connectivity index (χ0v) is 20.9. The Morgan fingerprint density at radius 3 is 1.41 bits per heavy atom. The van der Waals surface area contributed by atoms with E-state index in [1.54, 1.807) is 48.5 Å². The fourth-order valence-corrected chi connectivity index (χ4v) is 4.39. The van der Waals surface area contributed by atoms with Crippen molar-refractivity contribution >= 4 is 44.5 Å². The second kappa shape index (κ2) is 10.1. The Morgan fingerprint density at radius 2 is 0.949 bits per heavy atom. The second-order valence-electron chi connectivity index (χ2n) is 9.18. The van der Waals surface area contributed by atoms with Gasteiger partial charge in [0.25, 0.3) is 5.91 Å². The molecule has 6 nitrogen and oxygen atoms in total. The predicted molar refractivity (Wildman–Crippen MR) is 158 cm³/mol. The van der Waals surface area contributed by atoms with E-state index in [0.29, 0.717) is 45.6 Å². The van der Waals surface area contributed by atoms with Crippen LogP contribution in [0, 0.1) is 0 Å². The monoisotopic (exact) mass is 511 g/mol. The molecule has 0 aromatic heterocycles. The Kier molecular flexibility index (Phi) is 6.19. The summed E-state index contributed by atoms with van der Waals surface area (Å²) in [4.78, 5) is 12.8. The van der Waals surface area contributed by atoms with E-state index in [2.05, 4.69) is 5.32 Å². The number of amides is 1. The lowest BCUT2D eigenvalue weighted by atomic mass is 10.1. The van der Waals surface area contributed by atoms with Gasteiger partial charge in [0.05, 0.1) is 11.4 Å². The first-order chi connectivity index (χ1) is 19.0. The van der Waals surface area contributed by atoms with Gasteiger partial charge in [0.2, 0.25) is 0 Å². The number of nitrogens with one attached hydrogen (secondary N) is 1. The summed E-state index contributed by atoms with van der Waals surface area (Å²) in [7, 11) is 0. The molecule has 0 aliphatic rings. The molecule has 6 rings (SSSR count). The van der Waals surface area contributed by atoms with Crippen LogP contribution in [0.4, 0.5) is 17.1 Å². The van der Waals surface area contributed by atoms with Crippen LogP contribution in [0.3, 0.4) is 0 Å². The Hall–Kier alpha value is -5.49. The lowest BCUT2D eigenvalue weighted by Crippen LogP contribution is -2.11. The van der Waals surface area contributed by atoms with Crippen LogP contribution < -0.4 is 26.3 Å². The molecule has 0 spiro atoms. The summed E-state index contributed by atoms with van der Waals surface area (Å²) in [6, 6.07) is 37.6. The molecule has 0 saturated carbocycles. The number of hydrogen-bond donors (Lipinski definition) is 3. The van der Waals surface area contributed by atoms with Crippen LogP contribution in [-0.4, -0.2) is 5.91 Å². The maximum absolute atomic E-state index is 12.8. The van der Waals surface area contributed by atoms with Crippen LogP contribution in [0.1, 0.15) is 10.4 Å². The Morgan fingerprint density at radius 1 is 0.538 bits per heavy atom. The minimum absolute atomic E-state index is 0.237. The van der Waals surface area contributed by atoms with Crippen molar-refractivity contribution in [2.24, 2.45) is 0 Å². The number of carbonyl (C=O) groups is 1. The molecular formula is C33H25N3O3. The third-order valence-electron chi connectivity index (χ3n) is 6.44. The summed E-state index contributed by atoms with van der Waals surface area (Å²) < 4.78 is 12.0. The third-order valence-corrected chi connectivity index (χ3v) is 6.44. The molecule has 39 heavy (non-hydrogen) atoms. The lowest BCUT2D eigenvalue weighted by molar-refractivity contribution is 0.102. The van der Waals surface area contributed by atoms with Gasteiger partial charge in [0, 0.05) is 11.3 Å². The Labute approximate surface area is 225 Å². The van der Waals surface area contributed by atoms with E-state index >= 15 is 0 Å². The van der Waals surface area contributed by atoms with E-state index in [1.165, 1.54) is 0 Å². The zero-order chi connectivity index (χ0) is 26.8. The van der Waals surface area contributed by atoms with Gasteiger partial charge >= 0.3 is 0 Å². The smallest absolute Gasteiger partial charge is 0.255 e. The molecule has 6 heteroatoms. The fourth-order valence-electron chi connectivity index (χ4n) is 4.39. The molecule has 0 saturated heterocycles. The highest BCUT2D eigenvalue weighted by Gasteiger charge is 2.10. The van der Waals surface area contributed by atoms with Crippen molar-refractivity contribution in [2.75, 3.05) is 16.8 Å². The van der Waals surface area contributed by atoms with Crippen LogP contribution in [0.15, 0.2) is 121 Å². The molecule has 6 aromatic rings. The van der Waals surface area contributed by atoms with E-state index in [4.69, 9.17) is 20.9 Å². The number of nitrogen functional groups attached to an aromatic ring is 2. The largest absolute Gasteiger partial charge is 0.455 e. The average Bonchev–Trinajstić information content (AvgIpc) is 2.95. The molecule has 5 N–H and O–H groups in total. The SMILES string of the molecule is Nc1cc2ccccc2cc1Oc1ccc(NC(=O)c2ccc(Oc3cc4ccccc4cc3N)cc2)cc1. The van der Waals surface area contributed by atoms with E-state index in [1.807, 2.05) is 72.8 Å². The van der Waals surface area contributed by atoms with E-state index in [0.717, 1.165) is 21.5 Å². The average molecular weight is 512 g/mol. The van der Waals surface area contributed by atoms with Crippen molar-refractivity contribution in [2.45, 2.75) is 0 Å². The van der Waals surface area contributed by atoms with Crippen LogP contribution in [0.2, 0.25) is 0 Å². The van der Waals surface area contributed by atoms with Crippen molar-refractivity contribution in [1.82, 2.24) is 0 Å². The number of rotatable bonds is 6. The molecule has 1 amide bonds. The van der Waals surface area contributed by atoms with Gasteiger partial charge in [-0.15, -0.1) is 0 Å². The highest BCUT2D eigenvalue weighted by Crippen LogP contribution is 2.33. The quantitative estimate of drug-likeness (QED) is 0.197. The highest BCUT2D eigenvalue weighted by molar-refractivity contribution is 6.04. The molecule has 0 bridgehead atoms. The molecule has 6 aromatic carbocycles. The number of anilines is 3. The van der Waals surface area contributed by atoms with E-state index in [9.17, 15) is 4.79 Å². The number of nitrogens with two attached hydrogens (primary N) is 2. The molecule has 0 fully saturated rings. The van der Waals surface area contributed by atoms with E-state index in [-0.39, 0.29) is 5.91 Å². The van der Waals surface area contributed by atoms with Crippen molar-refractivity contribution in [3.8, 4) is 23.0 Å². The molecule has 0 radical (unpaired) electrons. The second-order valence-corrected chi connectivity index (χ2v) is 9.18. The van der Waals surface area contributed by atoms with Crippen molar-refractivity contribution in [3.63, 3.8) is 0 Å². The van der Waals surface area contributed by atoms with Gasteiger partial charge in [0.1, 0.15) is 11.5 Å². The summed E-state index contributed by atoms with van der Waals surface area (Å²) in [5.74, 6) is 2.11. The summed E-state index contributed by atoms with van der Waals surface area (Å²) >= 11 is 0. The summed E-state index contributed by atoms with van der Waals surface area (Å²) in [5, 5.41) is 7.09. The number of hydrogen-bond acceptors (Lipinski definition) is 5. The van der Waals surface area contributed by atoms with Crippen molar-refractivity contribution < 1.29 is 14.3 Å². The normalized spacial score (nSPS) is 10.9. The molecule has 0 heterocycles. The third kappa shape index (κ3) is 5.17. The predicted octanol–water partition coefficient (Wildman–Crippen LogP) is 7.99. The van der Waals surface area contributed by atoms with E-state index < -0.39 is 0 Å². The minimum atomic E-state index is -0.237. The van der Waals surface area contributed by atoms with Crippen molar-refractivity contribution in [1.29, 1.82) is 0 Å². The van der Waals surface area contributed by atoms with Gasteiger partial charge in [-0.25, -0.2) is 0 Å². The maximum Gasteiger partial charge on any atom is 0.255 e. The summed E-state index contributed by atoms with van der Waals surface area (Å²) in [6.45, 7) is 0. The number of benzene rings is 6. The standard InChI is InChI=1S/C33H25N3O3/c34-29-17-22-5-1-3-7-24(22)19-31(29)38-27-13-9-21(10-14-27)33(37)36-26-11-15-28(16-12-26)39-32-20-25-8-4-2-6-23(25)18-30(32)35/h1-20H,34-35H2,(H,36,37). The number of carbonyl (C=O) groups excluding carboxylic acids is 1. The van der Waals surface area contributed by atoms with Gasteiger partial charge in [-0.3, -0.25) is 4.79 Å². The summed E-state index contributed by atoms with van der Waals surface area (Å²) in [5.41, 5.74) is 14.6. The highest BCUT2D eigenvalue weighted by atomic mass is 16.5. The molecular weight excluding hydrogens is 486 g/mol.